The number of nitrogens with zero attached hydrogens (tertiary/aromatic N) is 1. The van der Waals surface area contributed by atoms with Gasteiger partial charge in [0.25, 0.3) is 5.91 Å². The van der Waals surface area contributed by atoms with Gasteiger partial charge in [0, 0.05) is 13.1 Å². The summed E-state index contributed by atoms with van der Waals surface area (Å²) >= 11 is 0. The molecule has 5 nitrogen and oxygen atoms in total. The third kappa shape index (κ3) is 5.86. The molecule has 152 valence electrons. The van der Waals surface area contributed by atoms with Crippen LogP contribution in [0.1, 0.15) is 53.6 Å². The van der Waals surface area contributed by atoms with Crippen LogP contribution in [0.3, 0.4) is 0 Å². The first-order valence-corrected chi connectivity index (χ1v) is 10.3. The number of furan rings is 1. The van der Waals surface area contributed by atoms with E-state index in [1.54, 1.807) is 12.1 Å². The Balaban J connectivity index is 1.44. The largest absolute Gasteiger partial charge is 0.485 e. The zero-order valence-corrected chi connectivity index (χ0v) is 17.3. The smallest absolute Gasteiger partial charge is 0.287 e. The van der Waals surface area contributed by atoms with E-state index in [1.165, 1.54) is 37.9 Å². The molecule has 2 aromatic rings. The lowest BCUT2D eigenvalue weighted by Crippen LogP contribution is -2.37. The molecule has 0 saturated carbocycles. The molecule has 0 bridgehead atoms. The van der Waals surface area contributed by atoms with Gasteiger partial charge < -0.3 is 19.4 Å². The summed E-state index contributed by atoms with van der Waals surface area (Å²) in [5.74, 6) is 2.07. The van der Waals surface area contributed by atoms with Crippen molar-refractivity contribution in [3.8, 4) is 5.75 Å². The molecule has 1 aliphatic heterocycles. The zero-order valence-electron chi connectivity index (χ0n) is 17.3. The molecule has 1 amide bonds. The molecule has 2 heterocycles. The van der Waals surface area contributed by atoms with Gasteiger partial charge in [0.05, 0.1) is 0 Å². The number of carbonyl (C=O) groups is 1. The van der Waals surface area contributed by atoms with Crippen LogP contribution in [0.15, 0.2) is 34.7 Å². The number of benzene rings is 1. The molecule has 1 N–H and O–H groups in total. The van der Waals surface area contributed by atoms with E-state index in [0.717, 1.165) is 17.9 Å². The minimum atomic E-state index is -0.164. The number of hydrogen-bond donors (Lipinski definition) is 1. The van der Waals surface area contributed by atoms with Crippen molar-refractivity contribution in [3.05, 3.63) is 53.0 Å². The van der Waals surface area contributed by atoms with Gasteiger partial charge in [-0.2, -0.15) is 0 Å². The molecule has 28 heavy (non-hydrogen) atoms. The maximum Gasteiger partial charge on any atom is 0.287 e. The number of hydrogen-bond acceptors (Lipinski definition) is 4. The predicted octanol–water partition coefficient (Wildman–Crippen LogP) is 4.33. The van der Waals surface area contributed by atoms with Crippen LogP contribution in [0.5, 0.6) is 5.75 Å². The predicted molar refractivity (Wildman–Crippen MR) is 111 cm³/mol. The number of ether oxygens (including phenoxy) is 1. The lowest BCUT2D eigenvalue weighted by atomic mass is 10.1. The Bertz CT molecular complexity index is 778. The molecule has 0 aliphatic carbocycles. The Hall–Kier alpha value is -2.27. The molecule has 1 aromatic heterocycles. The number of nitrogens with one attached hydrogen (secondary N) is 1. The minimum absolute atomic E-state index is 0.164. The summed E-state index contributed by atoms with van der Waals surface area (Å²) in [7, 11) is 0. The number of aryl methyl sites for hydroxylation is 2. The first-order valence-electron chi connectivity index (χ1n) is 10.3. The van der Waals surface area contributed by atoms with Gasteiger partial charge in [-0.05, 0) is 69.5 Å². The lowest BCUT2D eigenvalue weighted by molar-refractivity contribution is 0.0910. The Kier molecular flexibility index (Phi) is 7.15. The molecule has 0 radical (unpaired) electrons. The third-order valence-electron chi connectivity index (χ3n) is 5.22. The highest BCUT2D eigenvalue weighted by Crippen LogP contribution is 2.20. The highest BCUT2D eigenvalue weighted by atomic mass is 16.5. The first kappa shape index (κ1) is 20.5. The van der Waals surface area contributed by atoms with E-state index in [-0.39, 0.29) is 5.91 Å². The number of carbonyl (C=O) groups excluding carboxylic acids is 1. The molecule has 1 atom stereocenters. The van der Waals surface area contributed by atoms with Crippen LogP contribution >= 0.6 is 0 Å². The molecule has 5 heteroatoms. The van der Waals surface area contributed by atoms with Crippen LogP contribution in [-0.4, -0.2) is 37.0 Å². The first-order chi connectivity index (χ1) is 13.5. The van der Waals surface area contributed by atoms with Crippen LogP contribution in [0.25, 0.3) is 0 Å². The molecule has 1 fully saturated rings. The van der Waals surface area contributed by atoms with Crippen molar-refractivity contribution >= 4 is 5.91 Å². The molecule has 0 spiro atoms. The highest BCUT2D eigenvalue weighted by Gasteiger charge is 2.16. The van der Waals surface area contributed by atoms with E-state index in [9.17, 15) is 4.79 Å². The Morgan fingerprint density at radius 2 is 1.96 bits per heavy atom. The summed E-state index contributed by atoms with van der Waals surface area (Å²) < 4.78 is 11.5. The average molecular weight is 385 g/mol. The summed E-state index contributed by atoms with van der Waals surface area (Å²) in [5.41, 5.74) is 2.29. The van der Waals surface area contributed by atoms with Gasteiger partial charge in [0.2, 0.25) is 0 Å². The molecular formula is C23H32N2O3. The molecule has 1 aromatic carbocycles. The Morgan fingerprint density at radius 3 is 2.71 bits per heavy atom. The van der Waals surface area contributed by atoms with Crippen molar-refractivity contribution in [2.75, 3.05) is 26.2 Å². The van der Waals surface area contributed by atoms with E-state index in [2.05, 4.69) is 30.1 Å². The Morgan fingerprint density at radius 1 is 1.18 bits per heavy atom. The van der Waals surface area contributed by atoms with Crippen LogP contribution in [0.4, 0.5) is 0 Å². The van der Waals surface area contributed by atoms with Crippen molar-refractivity contribution in [3.63, 3.8) is 0 Å². The monoisotopic (exact) mass is 384 g/mol. The van der Waals surface area contributed by atoms with E-state index in [1.807, 2.05) is 19.1 Å². The van der Waals surface area contributed by atoms with Gasteiger partial charge in [0.15, 0.2) is 5.76 Å². The minimum Gasteiger partial charge on any atom is -0.485 e. The summed E-state index contributed by atoms with van der Waals surface area (Å²) in [4.78, 5) is 14.9. The van der Waals surface area contributed by atoms with Crippen LogP contribution < -0.4 is 10.1 Å². The number of amides is 1. The van der Waals surface area contributed by atoms with Crippen LogP contribution in [-0.2, 0) is 6.61 Å². The topological polar surface area (TPSA) is 54.7 Å². The SMILES string of the molecule is Cc1ccc(OCc2ccc(C(=O)NCC(C)CN3CCCCC3)o2)c(C)c1. The van der Waals surface area contributed by atoms with Gasteiger partial charge in [0.1, 0.15) is 18.1 Å². The van der Waals surface area contributed by atoms with Crippen LogP contribution in [0.2, 0.25) is 0 Å². The van der Waals surface area contributed by atoms with Gasteiger partial charge in [-0.3, -0.25) is 4.79 Å². The maximum atomic E-state index is 12.4. The number of likely N-dealkylation sites (tertiary alicyclic amines) is 1. The van der Waals surface area contributed by atoms with Crippen LogP contribution in [0, 0.1) is 19.8 Å². The van der Waals surface area contributed by atoms with Gasteiger partial charge in [-0.25, -0.2) is 0 Å². The van der Waals surface area contributed by atoms with Gasteiger partial charge in [-0.15, -0.1) is 0 Å². The summed E-state index contributed by atoms with van der Waals surface area (Å²) in [6.07, 6.45) is 3.92. The van der Waals surface area contributed by atoms with E-state index in [0.29, 0.717) is 30.6 Å². The fraction of sp³-hybridized carbons (Fsp3) is 0.522. The van der Waals surface area contributed by atoms with E-state index in [4.69, 9.17) is 9.15 Å². The molecule has 1 aliphatic rings. The number of piperidine rings is 1. The van der Waals surface area contributed by atoms with E-state index >= 15 is 0 Å². The molecule has 3 rings (SSSR count). The van der Waals surface area contributed by atoms with Crippen molar-refractivity contribution in [2.24, 2.45) is 5.92 Å². The normalized spacial score (nSPS) is 16.0. The van der Waals surface area contributed by atoms with Crippen molar-refractivity contribution in [1.29, 1.82) is 0 Å². The van der Waals surface area contributed by atoms with Crippen molar-refractivity contribution < 1.29 is 13.9 Å². The number of rotatable bonds is 8. The summed E-state index contributed by atoms with van der Waals surface area (Å²) in [6, 6.07) is 9.59. The van der Waals surface area contributed by atoms with E-state index < -0.39 is 0 Å². The molecule has 1 unspecified atom stereocenters. The second-order valence-electron chi connectivity index (χ2n) is 8.00. The van der Waals surface area contributed by atoms with Gasteiger partial charge in [-0.1, -0.05) is 31.0 Å². The fourth-order valence-corrected chi connectivity index (χ4v) is 3.69. The summed E-state index contributed by atoms with van der Waals surface area (Å²) in [6.45, 7) is 10.6. The lowest BCUT2D eigenvalue weighted by Gasteiger charge is -2.29. The second-order valence-corrected chi connectivity index (χ2v) is 8.00. The molecule has 1 saturated heterocycles. The third-order valence-corrected chi connectivity index (χ3v) is 5.22. The fourth-order valence-electron chi connectivity index (χ4n) is 3.69. The molecular weight excluding hydrogens is 352 g/mol. The van der Waals surface area contributed by atoms with Crippen molar-refractivity contribution in [1.82, 2.24) is 10.2 Å². The maximum absolute atomic E-state index is 12.4. The van der Waals surface area contributed by atoms with Crippen molar-refractivity contribution in [2.45, 2.75) is 46.6 Å². The standard InChI is InChI=1S/C23H32N2O3/c1-17-7-9-21(19(3)13-17)27-16-20-8-10-22(28-20)23(26)24-14-18(2)15-25-11-5-4-6-12-25/h7-10,13,18H,4-6,11-12,14-16H2,1-3H3,(H,24,26). The highest BCUT2D eigenvalue weighted by molar-refractivity contribution is 5.91. The van der Waals surface area contributed by atoms with Gasteiger partial charge >= 0.3 is 0 Å². The second kappa shape index (κ2) is 9.78. The summed E-state index contributed by atoms with van der Waals surface area (Å²) in [5, 5.41) is 2.99. The average Bonchev–Trinajstić information content (AvgIpc) is 3.15. The Labute approximate surface area is 168 Å². The zero-order chi connectivity index (χ0) is 19.9. The quantitative estimate of drug-likeness (QED) is 0.736.